The molecule has 0 saturated carbocycles. The molecule has 1 aromatic rings. The third-order valence-corrected chi connectivity index (χ3v) is 4.00. The van der Waals surface area contributed by atoms with Gasteiger partial charge in [0.2, 0.25) is 6.10 Å². The monoisotopic (exact) mass is 307 g/mol. The summed E-state index contributed by atoms with van der Waals surface area (Å²) in [5, 5.41) is 11.8. The first-order valence-electron chi connectivity index (χ1n) is 7.24. The number of ether oxygens (including phenoxy) is 2. The maximum absolute atomic E-state index is 12.4. The van der Waals surface area contributed by atoms with Crippen molar-refractivity contribution in [2.45, 2.75) is 38.8 Å². The highest BCUT2D eigenvalue weighted by Gasteiger charge is 2.36. The summed E-state index contributed by atoms with van der Waals surface area (Å²) in [6.07, 6.45) is -0.942. The molecule has 0 radical (unpaired) electrons. The Hall–Kier alpha value is -2.24. The van der Waals surface area contributed by atoms with Gasteiger partial charge in [0.25, 0.3) is 5.91 Å². The van der Waals surface area contributed by atoms with E-state index in [1.165, 1.54) is 0 Å². The Morgan fingerprint density at radius 1 is 1.36 bits per heavy atom. The topological polar surface area (TPSA) is 84.9 Å². The van der Waals surface area contributed by atoms with Crippen molar-refractivity contribution in [1.82, 2.24) is 5.32 Å². The Bertz CT molecular complexity index is 571. The number of amides is 1. The van der Waals surface area contributed by atoms with E-state index in [1.54, 1.807) is 25.1 Å². The van der Waals surface area contributed by atoms with Gasteiger partial charge in [0.05, 0.1) is 12.0 Å². The van der Waals surface area contributed by atoms with E-state index >= 15 is 0 Å². The molecule has 0 bridgehead atoms. The Morgan fingerprint density at radius 2 is 2.00 bits per heavy atom. The quantitative estimate of drug-likeness (QED) is 0.867. The third-order valence-electron chi connectivity index (χ3n) is 4.00. The smallest absolute Gasteiger partial charge is 0.305 e. The van der Waals surface area contributed by atoms with Gasteiger partial charge in [-0.15, -0.1) is 0 Å². The summed E-state index contributed by atoms with van der Waals surface area (Å²) in [5.41, 5.74) is -0.844. The summed E-state index contributed by atoms with van der Waals surface area (Å²) >= 11 is 0. The maximum atomic E-state index is 12.4. The van der Waals surface area contributed by atoms with E-state index in [0.29, 0.717) is 11.5 Å². The standard InChI is InChI=1S/C16H21NO5/c1-10(2)16(3,8-14(18)19)17-15(20)13-9-21-11-6-4-5-7-12(11)22-13/h4-7,10,13H,8-9H2,1-3H3,(H,17,20)(H,18,19). The molecule has 2 N–H and O–H groups in total. The zero-order chi connectivity index (χ0) is 16.3. The number of carboxylic acids is 1. The van der Waals surface area contributed by atoms with E-state index in [9.17, 15) is 9.59 Å². The molecule has 1 aromatic carbocycles. The van der Waals surface area contributed by atoms with E-state index in [2.05, 4.69) is 5.32 Å². The molecule has 0 fully saturated rings. The van der Waals surface area contributed by atoms with Crippen LogP contribution >= 0.6 is 0 Å². The lowest BCUT2D eigenvalue weighted by atomic mass is 9.85. The fraction of sp³-hybridized carbons (Fsp3) is 0.500. The number of aliphatic carboxylic acids is 1. The number of para-hydroxylation sites is 2. The minimum absolute atomic E-state index is 0.0376. The second kappa shape index (κ2) is 6.25. The van der Waals surface area contributed by atoms with E-state index in [-0.39, 0.29) is 24.9 Å². The van der Waals surface area contributed by atoms with Gasteiger partial charge in [-0.05, 0) is 25.0 Å². The highest BCUT2D eigenvalue weighted by atomic mass is 16.6. The summed E-state index contributed by atoms with van der Waals surface area (Å²) in [4.78, 5) is 23.4. The van der Waals surface area contributed by atoms with Crippen LogP contribution in [0.25, 0.3) is 0 Å². The van der Waals surface area contributed by atoms with Gasteiger partial charge < -0.3 is 19.9 Å². The van der Waals surface area contributed by atoms with Crippen LogP contribution in [0.5, 0.6) is 11.5 Å². The summed E-state index contributed by atoms with van der Waals surface area (Å²) in [6, 6.07) is 7.12. The lowest BCUT2D eigenvalue weighted by Gasteiger charge is -2.35. The van der Waals surface area contributed by atoms with E-state index in [1.807, 2.05) is 19.9 Å². The van der Waals surface area contributed by atoms with Gasteiger partial charge >= 0.3 is 5.97 Å². The number of fused-ring (bicyclic) bond motifs is 1. The number of benzene rings is 1. The van der Waals surface area contributed by atoms with Crippen LogP contribution in [0, 0.1) is 5.92 Å². The average molecular weight is 307 g/mol. The van der Waals surface area contributed by atoms with Gasteiger partial charge in [0.15, 0.2) is 11.5 Å². The number of rotatable bonds is 5. The minimum Gasteiger partial charge on any atom is -0.485 e. The van der Waals surface area contributed by atoms with Crippen LogP contribution in [0.15, 0.2) is 24.3 Å². The van der Waals surface area contributed by atoms with Crippen molar-refractivity contribution >= 4 is 11.9 Å². The lowest BCUT2D eigenvalue weighted by Crippen LogP contribution is -2.56. The van der Waals surface area contributed by atoms with E-state index in [0.717, 1.165) is 0 Å². The number of hydrogen-bond donors (Lipinski definition) is 2. The molecule has 0 aliphatic carbocycles. The Morgan fingerprint density at radius 3 is 2.59 bits per heavy atom. The van der Waals surface area contributed by atoms with Crippen molar-refractivity contribution in [3.05, 3.63) is 24.3 Å². The van der Waals surface area contributed by atoms with Gasteiger partial charge in [-0.25, -0.2) is 0 Å². The van der Waals surface area contributed by atoms with Crippen molar-refractivity contribution in [2.75, 3.05) is 6.61 Å². The van der Waals surface area contributed by atoms with Crippen LogP contribution in [0.2, 0.25) is 0 Å². The number of carbonyl (C=O) groups is 2. The van der Waals surface area contributed by atoms with Crippen LogP contribution < -0.4 is 14.8 Å². The van der Waals surface area contributed by atoms with Gasteiger partial charge in [-0.3, -0.25) is 9.59 Å². The van der Waals surface area contributed by atoms with Crippen molar-refractivity contribution in [3.8, 4) is 11.5 Å². The van der Waals surface area contributed by atoms with Gasteiger partial charge in [-0.2, -0.15) is 0 Å². The fourth-order valence-corrected chi connectivity index (χ4v) is 2.22. The van der Waals surface area contributed by atoms with Crippen LogP contribution in [-0.2, 0) is 9.59 Å². The fourth-order valence-electron chi connectivity index (χ4n) is 2.22. The van der Waals surface area contributed by atoms with Gasteiger partial charge in [0, 0.05) is 0 Å². The molecule has 1 amide bonds. The molecule has 1 heterocycles. The minimum atomic E-state index is -0.956. The first-order valence-corrected chi connectivity index (χ1v) is 7.24. The molecule has 22 heavy (non-hydrogen) atoms. The van der Waals surface area contributed by atoms with Gasteiger partial charge in [-0.1, -0.05) is 26.0 Å². The zero-order valence-corrected chi connectivity index (χ0v) is 13.0. The molecule has 0 aromatic heterocycles. The molecule has 120 valence electrons. The van der Waals surface area contributed by atoms with Crippen LogP contribution in [0.4, 0.5) is 0 Å². The van der Waals surface area contributed by atoms with Crippen LogP contribution in [0.1, 0.15) is 27.2 Å². The van der Waals surface area contributed by atoms with Crippen molar-refractivity contribution < 1.29 is 24.2 Å². The lowest BCUT2D eigenvalue weighted by molar-refractivity contribution is -0.140. The Balaban J connectivity index is 2.07. The number of nitrogens with one attached hydrogen (secondary N) is 1. The Labute approximate surface area is 129 Å². The van der Waals surface area contributed by atoms with Crippen molar-refractivity contribution in [2.24, 2.45) is 5.92 Å². The molecule has 6 nitrogen and oxygen atoms in total. The summed E-state index contributed by atoms with van der Waals surface area (Å²) < 4.78 is 11.2. The molecule has 1 aliphatic heterocycles. The second-order valence-electron chi connectivity index (χ2n) is 6.00. The normalized spacial score (nSPS) is 19.4. The van der Waals surface area contributed by atoms with E-state index in [4.69, 9.17) is 14.6 Å². The van der Waals surface area contributed by atoms with Crippen molar-refractivity contribution in [1.29, 1.82) is 0 Å². The summed E-state index contributed by atoms with van der Waals surface area (Å²) in [6.45, 7) is 5.57. The molecule has 2 unspecified atom stereocenters. The molecular weight excluding hydrogens is 286 g/mol. The molecule has 0 saturated heterocycles. The van der Waals surface area contributed by atoms with Crippen LogP contribution in [0.3, 0.4) is 0 Å². The first-order chi connectivity index (χ1) is 10.3. The van der Waals surface area contributed by atoms with Crippen molar-refractivity contribution in [3.63, 3.8) is 0 Å². The third kappa shape index (κ3) is 3.50. The summed E-state index contributed by atoms with van der Waals surface area (Å²) in [5.74, 6) is -0.249. The molecule has 0 spiro atoms. The number of carbonyl (C=O) groups excluding carboxylic acids is 1. The second-order valence-corrected chi connectivity index (χ2v) is 6.00. The predicted molar refractivity (Wildman–Crippen MR) is 80.0 cm³/mol. The average Bonchev–Trinajstić information content (AvgIpc) is 2.45. The predicted octanol–water partition coefficient (Wildman–Crippen LogP) is 1.83. The molecule has 6 heteroatoms. The number of hydrogen-bond acceptors (Lipinski definition) is 4. The maximum Gasteiger partial charge on any atom is 0.305 e. The summed E-state index contributed by atoms with van der Waals surface area (Å²) in [7, 11) is 0. The number of carboxylic acid groups (broad SMARTS) is 1. The first kappa shape index (κ1) is 16.1. The SMILES string of the molecule is CC(C)C(C)(CC(=O)O)NC(=O)C1COc2ccccc2O1. The van der Waals surface area contributed by atoms with Crippen LogP contribution in [-0.4, -0.2) is 35.2 Å². The molecule has 2 rings (SSSR count). The highest BCUT2D eigenvalue weighted by Crippen LogP contribution is 2.31. The largest absolute Gasteiger partial charge is 0.485 e. The highest BCUT2D eigenvalue weighted by molar-refractivity contribution is 5.83. The van der Waals surface area contributed by atoms with E-state index < -0.39 is 17.6 Å². The molecular formula is C16H21NO5. The Kier molecular flexibility index (Phi) is 4.59. The van der Waals surface area contributed by atoms with Gasteiger partial charge in [0.1, 0.15) is 6.61 Å². The zero-order valence-electron chi connectivity index (χ0n) is 13.0. The molecule has 2 atom stereocenters. The molecule has 1 aliphatic rings.